The first-order valence-electron chi connectivity index (χ1n) is 14.9. The lowest BCUT2D eigenvalue weighted by molar-refractivity contribution is 0.108. The van der Waals surface area contributed by atoms with E-state index in [-0.39, 0.29) is 39.7 Å². The lowest BCUT2D eigenvalue weighted by atomic mass is 9.95. The fourth-order valence-electron chi connectivity index (χ4n) is 8.21. The number of rotatable bonds is 4. The maximum Gasteiger partial charge on any atom is 0.319 e. The number of fused-ring (bicyclic) bond motifs is 7. The van der Waals surface area contributed by atoms with Crippen LogP contribution in [-0.2, 0) is 0 Å². The van der Waals surface area contributed by atoms with Gasteiger partial charge in [0.25, 0.3) is 0 Å². The number of aromatic nitrogens is 3. The van der Waals surface area contributed by atoms with Gasteiger partial charge in [0.05, 0.1) is 32.2 Å². The normalized spacial score (nSPS) is 26.0. The first-order chi connectivity index (χ1) is 20.5. The quantitative estimate of drug-likeness (QED) is 0.332. The first kappa shape index (κ1) is 25.5. The van der Waals surface area contributed by atoms with Crippen LogP contribution in [0.5, 0.6) is 11.8 Å². The molecule has 2 aromatic heterocycles. The molecule has 218 valence electrons. The molecule has 4 saturated heterocycles. The molecule has 12 heteroatoms. The number of nitrogen functional groups attached to an aromatic ring is 1. The van der Waals surface area contributed by atoms with Crippen molar-refractivity contribution in [2.75, 3.05) is 43.5 Å². The van der Waals surface area contributed by atoms with Crippen molar-refractivity contribution in [2.45, 2.75) is 62.2 Å². The van der Waals surface area contributed by atoms with Crippen LogP contribution in [0.2, 0.25) is 5.02 Å². The van der Waals surface area contributed by atoms with Gasteiger partial charge < -0.3 is 25.4 Å². The molecule has 4 aromatic rings. The maximum atomic E-state index is 16.9. The van der Waals surface area contributed by atoms with Crippen LogP contribution in [-0.4, -0.2) is 76.4 Å². The number of hydrogen-bond donors (Lipinski definition) is 2. The minimum atomic E-state index is -0.534. The van der Waals surface area contributed by atoms with Gasteiger partial charge >= 0.3 is 6.01 Å². The Morgan fingerprint density at radius 1 is 1.17 bits per heavy atom. The fraction of sp³-hybridized carbons (Fsp3) is 0.500. The first-order valence-corrected chi connectivity index (χ1v) is 16.1. The third-order valence-corrected chi connectivity index (χ3v) is 11.4. The largest absolute Gasteiger partial charge is 0.489 e. The Hall–Kier alpha value is -2.99. The molecule has 4 fully saturated rings. The molecule has 7 heterocycles. The number of hydrogen-bond acceptors (Lipinski definition) is 10. The highest BCUT2D eigenvalue weighted by molar-refractivity contribution is 7.22. The lowest BCUT2D eigenvalue weighted by Gasteiger charge is -2.40. The van der Waals surface area contributed by atoms with Crippen molar-refractivity contribution in [3.8, 4) is 22.9 Å². The van der Waals surface area contributed by atoms with Gasteiger partial charge in [-0.15, -0.1) is 0 Å². The second-order valence-corrected chi connectivity index (χ2v) is 13.8. The molecule has 2 aromatic carbocycles. The maximum absolute atomic E-state index is 16.9. The minimum Gasteiger partial charge on any atom is -0.489 e. The van der Waals surface area contributed by atoms with Crippen molar-refractivity contribution in [1.29, 1.82) is 0 Å². The molecule has 9 rings (SSSR count). The Labute approximate surface area is 251 Å². The summed E-state index contributed by atoms with van der Waals surface area (Å²) in [5.74, 6) is 0.515. The van der Waals surface area contributed by atoms with Crippen LogP contribution >= 0.6 is 22.9 Å². The van der Waals surface area contributed by atoms with E-state index in [1.54, 1.807) is 0 Å². The van der Waals surface area contributed by atoms with E-state index in [2.05, 4.69) is 20.1 Å². The molecule has 3 atom stereocenters. The van der Waals surface area contributed by atoms with Gasteiger partial charge in [0.15, 0.2) is 16.7 Å². The van der Waals surface area contributed by atoms with E-state index >= 15 is 4.39 Å². The molecule has 42 heavy (non-hydrogen) atoms. The highest BCUT2D eigenvalue weighted by Crippen LogP contribution is 2.50. The number of anilines is 2. The molecule has 0 saturated carbocycles. The summed E-state index contributed by atoms with van der Waals surface area (Å²) in [4.78, 5) is 19.1. The number of nitrogens with one attached hydrogen (secondary N) is 1. The van der Waals surface area contributed by atoms with E-state index in [4.69, 9.17) is 36.8 Å². The number of piperazine rings is 1. The van der Waals surface area contributed by atoms with Crippen molar-refractivity contribution in [3.05, 3.63) is 29.0 Å². The summed E-state index contributed by atoms with van der Waals surface area (Å²) in [6, 6.07) is 6.44. The third kappa shape index (κ3) is 3.63. The van der Waals surface area contributed by atoms with E-state index in [1.165, 1.54) is 24.2 Å². The summed E-state index contributed by atoms with van der Waals surface area (Å²) in [7, 11) is 0. The van der Waals surface area contributed by atoms with Crippen LogP contribution in [0.4, 0.5) is 15.3 Å². The van der Waals surface area contributed by atoms with Crippen LogP contribution in [0.1, 0.15) is 38.5 Å². The molecule has 5 aliphatic heterocycles. The molecule has 0 unspecified atom stereocenters. The highest BCUT2D eigenvalue weighted by atomic mass is 35.5. The van der Waals surface area contributed by atoms with Crippen LogP contribution < -0.4 is 25.4 Å². The molecular formula is C30H31ClFN7O2S. The molecule has 0 aliphatic carbocycles. The topological polar surface area (TPSA) is 102 Å². The van der Waals surface area contributed by atoms with Crippen molar-refractivity contribution < 1.29 is 13.9 Å². The second-order valence-electron chi connectivity index (χ2n) is 12.4. The minimum absolute atomic E-state index is 0.0152. The number of para-hydroxylation sites is 1. The van der Waals surface area contributed by atoms with E-state index < -0.39 is 5.82 Å². The van der Waals surface area contributed by atoms with E-state index in [9.17, 15) is 0 Å². The average Bonchev–Trinajstić information content (AvgIpc) is 3.73. The fourth-order valence-corrected chi connectivity index (χ4v) is 9.31. The van der Waals surface area contributed by atoms with Gasteiger partial charge in [0, 0.05) is 29.8 Å². The molecular weight excluding hydrogens is 577 g/mol. The smallest absolute Gasteiger partial charge is 0.319 e. The van der Waals surface area contributed by atoms with Gasteiger partial charge in [-0.05, 0) is 57.7 Å². The van der Waals surface area contributed by atoms with Gasteiger partial charge in [0.2, 0.25) is 0 Å². The molecule has 5 aliphatic rings. The highest BCUT2D eigenvalue weighted by Gasteiger charge is 2.46. The zero-order valence-corrected chi connectivity index (χ0v) is 24.6. The summed E-state index contributed by atoms with van der Waals surface area (Å²) >= 11 is 8.45. The summed E-state index contributed by atoms with van der Waals surface area (Å²) in [5, 5.41) is 4.85. The number of nitrogens with two attached hydrogens (primary N) is 1. The molecule has 0 radical (unpaired) electrons. The molecule has 0 amide bonds. The van der Waals surface area contributed by atoms with Crippen molar-refractivity contribution in [3.63, 3.8) is 0 Å². The van der Waals surface area contributed by atoms with Gasteiger partial charge in [-0.3, -0.25) is 4.90 Å². The number of nitrogens with zero attached hydrogens (tertiary/aromatic N) is 5. The Kier molecular flexibility index (Phi) is 5.62. The SMILES string of the molecule is Nc1nc2c(-c3c(Cl)c4c5c(nc(OCC67CCCN6CCC7)nc5c3F)N3C[C@H]5CC[C@H](N5)[C@H]3CO4)cccc2s1. The number of ether oxygens (including phenoxy) is 2. The van der Waals surface area contributed by atoms with Gasteiger partial charge in [0.1, 0.15) is 24.5 Å². The van der Waals surface area contributed by atoms with Crippen LogP contribution in [0.25, 0.3) is 32.2 Å². The van der Waals surface area contributed by atoms with E-state index in [1.807, 2.05) is 18.2 Å². The zero-order valence-electron chi connectivity index (χ0n) is 23.0. The average molecular weight is 608 g/mol. The molecule has 3 N–H and O–H groups in total. The third-order valence-electron chi connectivity index (χ3n) is 10.2. The summed E-state index contributed by atoms with van der Waals surface area (Å²) in [6.45, 7) is 3.86. The van der Waals surface area contributed by atoms with Crippen LogP contribution in [0, 0.1) is 5.82 Å². The standard InChI is InChI=1S/C30H31ClFN7O2S/c31-22-20(16-4-1-5-19-24(16)35-28(33)42-19)23(32)25-21-26(22)40-13-18-17-7-6-15(34-17)12-39(18)27(21)37-29(36-25)41-14-30-8-2-10-38(30)11-3-9-30/h1,4-5,15,17-18,34H,2-3,6-14H2,(H2,33,35)/t15-,17+,18-/m1/s1. The monoisotopic (exact) mass is 607 g/mol. The summed E-state index contributed by atoms with van der Waals surface area (Å²) < 4.78 is 30.7. The Bertz CT molecular complexity index is 1760. The summed E-state index contributed by atoms with van der Waals surface area (Å²) in [6.07, 6.45) is 6.69. The molecule has 0 spiro atoms. The van der Waals surface area contributed by atoms with E-state index in [0.29, 0.717) is 52.4 Å². The predicted molar refractivity (Wildman–Crippen MR) is 162 cm³/mol. The lowest BCUT2D eigenvalue weighted by Crippen LogP contribution is -2.60. The Balaban J connectivity index is 1.25. The molecule has 9 nitrogen and oxygen atoms in total. The number of halogens is 2. The Morgan fingerprint density at radius 2 is 2.02 bits per heavy atom. The summed E-state index contributed by atoms with van der Waals surface area (Å²) in [5.41, 5.74) is 7.59. The predicted octanol–water partition coefficient (Wildman–Crippen LogP) is 4.99. The number of benzene rings is 2. The van der Waals surface area contributed by atoms with Crippen molar-refractivity contribution in [1.82, 2.24) is 25.2 Å². The van der Waals surface area contributed by atoms with Crippen LogP contribution in [0.15, 0.2) is 18.2 Å². The zero-order chi connectivity index (χ0) is 28.2. The van der Waals surface area contributed by atoms with E-state index in [0.717, 1.165) is 50.0 Å². The Morgan fingerprint density at radius 3 is 2.88 bits per heavy atom. The van der Waals surface area contributed by atoms with Crippen molar-refractivity contribution >= 4 is 55.0 Å². The van der Waals surface area contributed by atoms with Crippen LogP contribution in [0.3, 0.4) is 0 Å². The number of thiazole rings is 1. The van der Waals surface area contributed by atoms with Gasteiger partial charge in [-0.25, -0.2) is 9.37 Å². The molecule has 2 bridgehead atoms. The van der Waals surface area contributed by atoms with Gasteiger partial charge in [-0.1, -0.05) is 35.1 Å². The van der Waals surface area contributed by atoms with Crippen molar-refractivity contribution in [2.24, 2.45) is 0 Å². The van der Waals surface area contributed by atoms with Gasteiger partial charge in [-0.2, -0.15) is 9.97 Å². The second kappa shape index (κ2) is 9.25.